The molecular formula is C14H17N3O7. The van der Waals surface area contributed by atoms with Gasteiger partial charge in [-0.2, -0.15) is 0 Å². The molecule has 1 rings (SSSR count). The molecule has 0 heterocycles. The molecule has 0 radical (unpaired) electrons. The third-order valence-corrected chi connectivity index (χ3v) is 2.95. The maximum Gasteiger partial charge on any atom is 0.413 e. The summed E-state index contributed by atoms with van der Waals surface area (Å²) < 4.78 is 9.13. The van der Waals surface area contributed by atoms with E-state index in [1.54, 1.807) is 14.1 Å². The number of nitro groups is 1. The molecule has 1 aromatic rings. The van der Waals surface area contributed by atoms with E-state index in [0.717, 1.165) is 13.2 Å². The Labute approximate surface area is 137 Å². The smallest absolute Gasteiger partial charge is 0.413 e. The van der Waals surface area contributed by atoms with Crippen molar-refractivity contribution in [3.8, 4) is 0 Å². The fourth-order valence-corrected chi connectivity index (χ4v) is 1.71. The topological polar surface area (TPSA) is 128 Å². The number of nitrogens with zero attached hydrogens (tertiary/aromatic N) is 2. The van der Waals surface area contributed by atoms with E-state index < -0.39 is 29.0 Å². The quantitative estimate of drug-likeness (QED) is 0.479. The second-order valence-electron chi connectivity index (χ2n) is 4.88. The summed E-state index contributed by atoms with van der Waals surface area (Å²) in [5.74, 6) is -1.81. The number of methoxy groups -OCH3 is 1. The molecule has 0 unspecified atom stereocenters. The van der Waals surface area contributed by atoms with E-state index in [-0.39, 0.29) is 11.3 Å². The normalized spacial score (nSPS) is 11.2. The van der Waals surface area contributed by atoms with Gasteiger partial charge >= 0.3 is 12.1 Å². The number of anilines is 1. The summed E-state index contributed by atoms with van der Waals surface area (Å²) in [6.45, 7) is 1.25. The summed E-state index contributed by atoms with van der Waals surface area (Å²) in [4.78, 5) is 46.5. The zero-order valence-electron chi connectivity index (χ0n) is 13.6. The lowest BCUT2D eigenvalue weighted by molar-refractivity contribution is -0.384. The number of ether oxygens (including phenoxy) is 2. The highest BCUT2D eigenvalue weighted by Gasteiger charge is 2.24. The van der Waals surface area contributed by atoms with Crippen molar-refractivity contribution in [1.82, 2.24) is 5.32 Å². The SMILES string of the molecule is COC(=O)NC(=O)[C@H](C)OC(=O)c1ccc(N(C)C)c([N+](=O)[O-])c1. The van der Waals surface area contributed by atoms with E-state index in [0.29, 0.717) is 5.69 Å². The van der Waals surface area contributed by atoms with Gasteiger partial charge in [-0.25, -0.2) is 9.59 Å². The Morgan fingerprint density at radius 2 is 1.92 bits per heavy atom. The first-order chi connectivity index (χ1) is 11.2. The van der Waals surface area contributed by atoms with Crippen LogP contribution >= 0.6 is 0 Å². The number of carbonyl (C=O) groups is 3. The second-order valence-corrected chi connectivity index (χ2v) is 4.88. The largest absolute Gasteiger partial charge is 0.453 e. The van der Waals surface area contributed by atoms with Crippen LogP contribution in [0.2, 0.25) is 0 Å². The van der Waals surface area contributed by atoms with Gasteiger partial charge < -0.3 is 14.4 Å². The molecule has 1 aromatic carbocycles. The summed E-state index contributed by atoms with van der Waals surface area (Å²) >= 11 is 0. The van der Waals surface area contributed by atoms with Crippen LogP contribution in [0.25, 0.3) is 0 Å². The average molecular weight is 339 g/mol. The highest BCUT2D eigenvalue weighted by atomic mass is 16.6. The lowest BCUT2D eigenvalue weighted by Crippen LogP contribution is -2.39. The summed E-state index contributed by atoms with van der Waals surface area (Å²) in [5.41, 5.74) is -0.0563. The standard InChI is InChI=1S/C14H17N3O7/c1-8(12(18)15-14(20)23-4)24-13(19)9-5-6-10(16(2)3)11(7-9)17(21)22/h5-8H,1-4H3,(H,15,18,20)/t8-/m0/s1. The zero-order valence-corrected chi connectivity index (χ0v) is 13.6. The van der Waals surface area contributed by atoms with E-state index in [9.17, 15) is 24.5 Å². The first-order valence-corrected chi connectivity index (χ1v) is 6.73. The van der Waals surface area contributed by atoms with Gasteiger partial charge in [-0.3, -0.25) is 20.2 Å². The molecule has 2 amide bonds. The van der Waals surface area contributed by atoms with Crippen molar-refractivity contribution in [2.75, 3.05) is 26.1 Å². The number of nitro benzene ring substituents is 1. The molecule has 0 fully saturated rings. The van der Waals surface area contributed by atoms with Gasteiger partial charge in [0.15, 0.2) is 6.10 Å². The molecule has 0 saturated carbocycles. The third kappa shape index (κ3) is 4.66. The maximum absolute atomic E-state index is 12.0. The van der Waals surface area contributed by atoms with Crippen molar-refractivity contribution in [2.24, 2.45) is 0 Å². The van der Waals surface area contributed by atoms with Crippen molar-refractivity contribution in [1.29, 1.82) is 0 Å². The fraction of sp³-hybridized carbons (Fsp3) is 0.357. The fourth-order valence-electron chi connectivity index (χ4n) is 1.71. The van der Waals surface area contributed by atoms with Crippen molar-refractivity contribution < 1.29 is 28.8 Å². The Balaban J connectivity index is 2.92. The molecule has 10 heteroatoms. The van der Waals surface area contributed by atoms with Crippen LogP contribution in [0.15, 0.2) is 18.2 Å². The third-order valence-electron chi connectivity index (χ3n) is 2.95. The molecule has 10 nitrogen and oxygen atoms in total. The number of nitrogens with one attached hydrogen (secondary N) is 1. The molecule has 0 aromatic heterocycles. The van der Waals surface area contributed by atoms with E-state index in [4.69, 9.17) is 4.74 Å². The molecule has 0 aliphatic heterocycles. The van der Waals surface area contributed by atoms with Crippen LogP contribution in [0, 0.1) is 10.1 Å². The predicted octanol–water partition coefficient (Wildman–Crippen LogP) is 1.09. The predicted molar refractivity (Wildman–Crippen MR) is 82.8 cm³/mol. The van der Waals surface area contributed by atoms with Crippen LogP contribution in [-0.4, -0.2) is 50.2 Å². The van der Waals surface area contributed by atoms with Gasteiger partial charge in [-0.05, 0) is 19.1 Å². The highest BCUT2D eigenvalue weighted by molar-refractivity contribution is 5.97. The number of alkyl carbamates (subject to hydrolysis) is 1. The van der Waals surface area contributed by atoms with E-state index in [1.165, 1.54) is 24.0 Å². The summed E-state index contributed by atoms with van der Waals surface area (Å²) in [6.07, 6.45) is -2.28. The monoisotopic (exact) mass is 339 g/mol. The molecule has 0 aliphatic rings. The minimum Gasteiger partial charge on any atom is -0.453 e. The Morgan fingerprint density at radius 1 is 1.29 bits per heavy atom. The summed E-state index contributed by atoms with van der Waals surface area (Å²) in [5, 5.41) is 12.9. The van der Waals surface area contributed by atoms with Crippen LogP contribution in [-0.2, 0) is 14.3 Å². The molecular weight excluding hydrogens is 322 g/mol. The first kappa shape index (κ1) is 18.9. The number of benzene rings is 1. The lowest BCUT2D eigenvalue weighted by Gasteiger charge is -2.15. The van der Waals surface area contributed by atoms with Crippen LogP contribution in [0.3, 0.4) is 0 Å². The van der Waals surface area contributed by atoms with Crippen molar-refractivity contribution >= 4 is 29.3 Å². The Kier molecular flexibility index (Phi) is 6.22. The highest BCUT2D eigenvalue weighted by Crippen LogP contribution is 2.28. The number of imide groups is 1. The summed E-state index contributed by atoms with van der Waals surface area (Å²) in [6, 6.07) is 3.80. The van der Waals surface area contributed by atoms with Crippen LogP contribution in [0.4, 0.5) is 16.2 Å². The minimum atomic E-state index is -1.29. The van der Waals surface area contributed by atoms with Gasteiger partial charge in [0.2, 0.25) is 0 Å². The van der Waals surface area contributed by atoms with E-state index in [1.807, 2.05) is 5.32 Å². The number of rotatable bonds is 5. The van der Waals surface area contributed by atoms with Crippen molar-refractivity contribution in [3.63, 3.8) is 0 Å². The van der Waals surface area contributed by atoms with Gasteiger partial charge in [-0.15, -0.1) is 0 Å². The zero-order chi connectivity index (χ0) is 18.4. The van der Waals surface area contributed by atoms with Crippen LogP contribution in [0.5, 0.6) is 0 Å². The van der Waals surface area contributed by atoms with Gasteiger partial charge in [0.25, 0.3) is 11.6 Å². The van der Waals surface area contributed by atoms with Gasteiger partial charge in [0.05, 0.1) is 17.6 Å². The summed E-state index contributed by atoms with van der Waals surface area (Å²) in [7, 11) is 4.32. The van der Waals surface area contributed by atoms with Crippen molar-refractivity contribution in [3.05, 3.63) is 33.9 Å². The molecule has 24 heavy (non-hydrogen) atoms. The molecule has 0 spiro atoms. The average Bonchev–Trinajstić information content (AvgIpc) is 2.53. The van der Waals surface area contributed by atoms with E-state index >= 15 is 0 Å². The van der Waals surface area contributed by atoms with Crippen molar-refractivity contribution in [2.45, 2.75) is 13.0 Å². The first-order valence-electron chi connectivity index (χ1n) is 6.73. The lowest BCUT2D eigenvalue weighted by atomic mass is 10.1. The molecule has 0 saturated heterocycles. The Bertz CT molecular complexity index is 672. The molecule has 0 aliphatic carbocycles. The van der Waals surface area contributed by atoms with Gasteiger partial charge in [-0.1, -0.05) is 0 Å². The van der Waals surface area contributed by atoms with Gasteiger partial charge in [0.1, 0.15) is 5.69 Å². The number of carbonyl (C=O) groups excluding carboxylic acids is 3. The maximum atomic E-state index is 12.0. The van der Waals surface area contributed by atoms with E-state index in [2.05, 4.69) is 4.74 Å². The number of hydrogen-bond donors (Lipinski definition) is 1. The number of amides is 2. The van der Waals surface area contributed by atoms with Crippen LogP contribution in [0.1, 0.15) is 17.3 Å². The number of esters is 1. The molecule has 130 valence electrons. The molecule has 1 atom stereocenters. The number of hydrogen-bond acceptors (Lipinski definition) is 8. The second kappa shape index (κ2) is 7.90. The Hall–Kier alpha value is -3.17. The Morgan fingerprint density at radius 3 is 2.42 bits per heavy atom. The molecule has 0 bridgehead atoms. The minimum absolute atomic E-state index is 0.0926. The molecule has 1 N–H and O–H groups in total. The van der Waals surface area contributed by atoms with Gasteiger partial charge in [0, 0.05) is 20.2 Å². The van der Waals surface area contributed by atoms with Crippen LogP contribution < -0.4 is 10.2 Å².